The summed E-state index contributed by atoms with van der Waals surface area (Å²) in [6.45, 7) is 7.17. The van der Waals surface area contributed by atoms with Crippen LogP contribution in [0.1, 0.15) is 22.4 Å². The van der Waals surface area contributed by atoms with Gasteiger partial charge in [-0.05, 0) is 66.6 Å². The highest BCUT2D eigenvalue weighted by Gasteiger charge is 2.26. The number of likely N-dealkylation sites (N-methyl/N-ethyl adjacent to an activating group) is 1. The van der Waals surface area contributed by atoms with Gasteiger partial charge in [0.05, 0.1) is 29.8 Å². The van der Waals surface area contributed by atoms with Crippen LogP contribution in [0.25, 0.3) is 44.6 Å². The lowest BCUT2D eigenvalue weighted by atomic mass is 9.92. The van der Waals surface area contributed by atoms with E-state index in [9.17, 15) is 9.18 Å². The zero-order chi connectivity index (χ0) is 31.8. The van der Waals surface area contributed by atoms with Gasteiger partial charge in [-0.3, -0.25) is 9.78 Å². The van der Waals surface area contributed by atoms with Gasteiger partial charge < -0.3 is 23.7 Å². The van der Waals surface area contributed by atoms with Crippen LogP contribution >= 0.6 is 0 Å². The second-order valence-corrected chi connectivity index (χ2v) is 11.8. The lowest BCUT2D eigenvalue weighted by molar-refractivity contribution is -0.126. The number of ether oxygens (including phenoxy) is 2. The lowest BCUT2D eigenvalue weighted by Gasteiger charge is -2.27. The fourth-order valence-corrected chi connectivity index (χ4v) is 6.47. The fourth-order valence-electron chi connectivity index (χ4n) is 6.47. The lowest BCUT2D eigenvalue weighted by Crippen LogP contribution is -2.35. The van der Waals surface area contributed by atoms with E-state index in [1.165, 1.54) is 29.3 Å². The maximum Gasteiger partial charge on any atom is 0.246 e. The van der Waals surface area contributed by atoms with E-state index < -0.39 is 5.82 Å². The highest BCUT2D eigenvalue weighted by atomic mass is 19.1. The first kappa shape index (κ1) is 29.8. The standard InChI is InChI=1S/C37H35FN4O4/c1-4-33(43)42-13-10-31-27(22-42)18-26(20-39-31)36-34(29-8-7-28(38)19-32(29)45-16-15-44-3)37-30(11-14-46-37)35(40-36)24-5-6-25-21-41(2)12-9-23(25)17-24/h4-8,11,14,17-20H,1,9-10,12-13,15-16,21-22H2,2-3H3. The molecule has 7 rings (SSSR count). The van der Waals surface area contributed by atoms with Crippen molar-refractivity contribution < 1.29 is 23.1 Å². The quantitative estimate of drug-likeness (QED) is 0.146. The maximum absolute atomic E-state index is 14.6. The van der Waals surface area contributed by atoms with Crippen LogP contribution in [0.15, 0.2) is 78.1 Å². The van der Waals surface area contributed by atoms with E-state index >= 15 is 0 Å². The van der Waals surface area contributed by atoms with Gasteiger partial charge in [0.2, 0.25) is 5.91 Å². The molecule has 5 aromatic rings. The Labute approximate surface area is 267 Å². The first-order valence-corrected chi connectivity index (χ1v) is 15.5. The Kier molecular flexibility index (Phi) is 8.11. The van der Waals surface area contributed by atoms with Gasteiger partial charge in [0.1, 0.15) is 23.8 Å². The Morgan fingerprint density at radius 1 is 1.00 bits per heavy atom. The van der Waals surface area contributed by atoms with Gasteiger partial charge >= 0.3 is 0 Å². The molecule has 8 nitrogen and oxygen atoms in total. The molecule has 3 aromatic heterocycles. The SMILES string of the molecule is C=CC(=O)N1CCc2ncc(-c3nc(-c4ccc5c(c4)CCN(C)C5)c4ccoc4c3-c3ccc(F)cc3OCCOC)cc2C1. The zero-order valence-electron chi connectivity index (χ0n) is 26.0. The molecule has 0 atom stereocenters. The van der Waals surface area contributed by atoms with Crippen LogP contribution in [-0.4, -0.2) is 66.1 Å². The molecule has 0 unspecified atom stereocenters. The molecule has 0 bridgehead atoms. The topological polar surface area (TPSA) is 80.9 Å². The minimum atomic E-state index is -0.417. The van der Waals surface area contributed by atoms with Crippen LogP contribution in [0.2, 0.25) is 0 Å². The maximum atomic E-state index is 14.6. The van der Waals surface area contributed by atoms with Crippen molar-refractivity contribution in [2.45, 2.75) is 25.9 Å². The van der Waals surface area contributed by atoms with E-state index in [4.69, 9.17) is 23.9 Å². The number of nitrogens with zero attached hydrogens (tertiary/aromatic N) is 4. The molecule has 0 saturated carbocycles. The predicted molar refractivity (Wildman–Crippen MR) is 175 cm³/mol. The number of benzene rings is 2. The van der Waals surface area contributed by atoms with E-state index in [1.54, 1.807) is 24.3 Å². The van der Waals surface area contributed by atoms with Crippen LogP contribution in [0.5, 0.6) is 5.75 Å². The van der Waals surface area contributed by atoms with Crippen molar-refractivity contribution in [3.8, 4) is 39.4 Å². The molecule has 234 valence electrons. The monoisotopic (exact) mass is 618 g/mol. The first-order chi connectivity index (χ1) is 22.4. The Morgan fingerprint density at radius 2 is 1.87 bits per heavy atom. The molecular formula is C37H35FN4O4. The fraction of sp³-hybridized carbons (Fsp3) is 0.270. The van der Waals surface area contributed by atoms with E-state index in [0.29, 0.717) is 54.3 Å². The second-order valence-electron chi connectivity index (χ2n) is 11.8. The second kappa shape index (κ2) is 12.5. The Balaban J connectivity index is 1.45. The van der Waals surface area contributed by atoms with Gasteiger partial charge in [-0.1, -0.05) is 18.7 Å². The minimum Gasteiger partial charge on any atom is -0.490 e. The van der Waals surface area contributed by atoms with Crippen molar-refractivity contribution in [1.82, 2.24) is 19.8 Å². The van der Waals surface area contributed by atoms with Gasteiger partial charge in [-0.2, -0.15) is 0 Å². The Hall–Kier alpha value is -4.86. The number of rotatable bonds is 8. The van der Waals surface area contributed by atoms with E-state index in [2.05, 4.69) is 36.7 Å². The molecule has 1 amide bonds. The molecule has 2 aromatic carbocycles. The molecule has 5 heterocycles. The number of carbonyl (C=O) groups excluding carboxylic acids is 1. The number of hydrogen-bond acceptors (Lipinski definition) is 7. The molecule has 0 spiro atoms. The van der Waals surface area contributed by atoms with E-state index in [1.807, 2.05) is 18.3 Å². The predicted octanol–water partition coefficient (Wildman–Crippen LogP) is 6.45. The van der Waals surface area contributed by atoms with E-state index in [0.717, 1.165) is 53.0 Å². The van der Waals surface area contributed by atoms with Crippen molar-refractivity contribution in [2.75, 3.05) is 40.5 Å². The molecule has 46 heavy (non-hydrogen) atoms. The third-order valence-corrected chi connectivity index (χ3v) is 8.85. The van der Waals surface area contributed by atoms with Crippen molar-refractivity contribution >= 4 is 16.9 Å². The number of halogens is 1. The molecular weight excluding hydrogens is 583 g/mol. The van der Waals surface area contributed by atoms with Crippen molar-refractivity contribution in [3.63, 3.8) is 0 Å². The minimum absolute atomic E-state index is 0.114. The molecule has 0 radical (unpaired) electrons. The molecule has 0 N–H and O–H groups in total. The van der Waals surface area contributed by atoms with Crippen LogP contribution in [0, 0.1) is 5.82 Å². The van der Waals surface area contributed by atoms with Crippen molar-refractivity contribution in [1.29, 1.82) is 0 Å². The normalized spacial score (nSPS) is 14.6. The summed E-state index contributed by atoms with van der Waals surface area (Å²) < 4.78 is 32.1. The van der Waals surface area contributed by atoms with Gasteiger partial charge in [0.25, 0.3) is 0 Å². The Bertz CT molecular complexity index is 1970. The molecule has 0 fully saturated rings. The number of hydrogen-bond donors (Lipinski definition) is 0. The summed E-state index contributed by atoms with van der Waals surface area (Å²) in [6.07, 6.45) is 6.44. The number of carbonyl (C=O) groups is 1. The summed E-state index contributed by atoms with van der Waals surface area (Å²) in [4.78, 5) is 26.8. The summed E-state index contributed by atoms with van der Waals surface area (Å²) in [5.74, 6) is -0.172. The van der Waals surface area contributed by atoms with Gasteiger partial charge in [-0.25, -0.2) is 9.37 Å². The van der Waals surface area contributed by atoms with Crippen molar-refractivity contribution in [2.24, 2.45) is 0 Å². The van der Waals surface area contributed by atoms with Crippen LogP contribution in [0.4, 0.5) is 4.39 Å². The Morgan fingerprint density at radius 3 is 2.72 bits per heavy atom. The third-order valence-electron chi connectivity index (χ3n) is 8.85. The van der Waals surface area contributed by atoms with Crippen LogP contribution < -0.4 is 4.74 Å². The summed E-state index contributed by atoms with van der Waals surface area (Å²) in [7, 11) is 3.73. The first-order valence-electron chi connectivity index (χ1n) is 15.5. The van der Waals surface area contributed by atoms with Gasteiger partial charge in [0, 0.05) is 79.7 Å². The number of methoxy groups -OCH3 is 1. The average molecular weight is 619 g/mol. The summed E-state index contributed by atoms with van der Waals surface area (Å²) in [5.41, 5.74) is 9.61. The molecule has 2 aliphatic rings. The van der Waals surface area contributed by atoms with Crippen LogP contribution in [-0.2, 0) is 35.5 Å². The largest absolute Gasteiger partial charge is 0.490 e. The number of amides is 1. The van der Waals surface area contributed by atoms with E-state index in [-0.39, 0.29) is 12.5 Å². The molecule has 0 aliphatic carbocycles. The molecule has 9 heteroatoms. The van der Waals surface area contributed by atoms with Gasteiger partial charge in [0.15, 0.2) is 0 Å². The smallest absolute Gasteiger partial charge is 0.246 e. The summed E-state index contributed by atoms with van der Waals surface area (Å²) in [5, 5.41) is 0.840. The highest BCUT2D eigenvalue weighted by molar-refractivity contribution is 6.06. The molecule has 2 aliphatic heterocycles. The van der Waals surface area contributed by atoms with Gasteiger partial charge in [-0.15, -0.1) is 0 Å². The summed E-state index contributed by atoms with van der Waals surface area (Å²) in [6, 6.07) is 15.0. The highest BCUT2D eigenvalue weighted by Crippen LogP contribution is 2.45. The van der Waals surface area contributed by atoms with Crippen molar-refractivity contribution in [3.05, 3.63) is 102 Å². The average Bonchev–Trinajstić information content (AvgIpc) is 3.57. The molecule has 0 saturated heterocycles. The third kappa shape index (κ3) is 5.57. The number of furan rings is 1. The number of pyridine rings is 2. The number of aromatic nitrogens is 2. The zero-order valence-corrected chi connectivity index (χ0v) is 26.0. The summed E-state index contributed by atoms with van der Waals surface area (Å²) >= 11 is 0. The van der Waals surface area contributed by atoms with Crippen LogP contribution in [0.3, 0.4) is 0 Å². The number of fused-ring (bicyclic) bond motifs is 3.